The smallest absolute Gasteiger partial charge is 0.336 e. The monoisotopic (exact) mass is 250 g/mol. The van der Waals surface area contributed by atoms with Crippen molar-refractivity contribution < 1.29 is 14.3 Å². The van der Waals surface area contributed by atoms with E-state index in [1.807, 2.05) is 19.1 Å². The number of carboxylic acid groups (broad SMARTS) is 1. The van der Waals surface area contributed by atoms with Gasteiger partial charge in [-0.2, -0.15) is 0 Å². The van der Waals surface area contributed by atoms with Crippen molar-refractivity contribution >= 4 is 17.6 Å². The summed E-state index contributed by atoms with van der Waals surface area (Å²) in [5.74, 6) is 0.573. The molecule has 0 aliphatic heterocycles. The summed E-state index contributed by atoms with van der Waals surface area (Å²) in [6.45, 7) is 1.85. The molecule has 2 rings (SSSR count). The molecule has 17 heavy (non-hydrogen) atoms. The largest absolute Gasteiger partial charge is 0.478 e. The predicted molar refractivity (Wildman–Crippen MR) is 64.7 cm³/mol. The van der Waals surface area contributed by atoms with Crippen molar-refractivity contribution in [2.45, 2.75) is 13.3 Å². The molecule has 0 radical (unpaired) electrons. The van der Waals surface area contributed by atoms with Gasteiger partial charge in [0, 0.05) is 11.4 Å². The quantitative estimate of drug-likeness (QED) is 0.907. The van der Waals surface area contributed by atoms with Crippen molar-refractivity contribution in [3.05, 3.63) is 58.0 Å². The molecule has 2 aromatic rings. The van der Waals surface area contributed by atoms with Gasteiger partial charge in [0.25, 0.3) is 0 Å². The maximum atomic E-state index is 11.1. The lowest BCUT2D eigenvalue weighted by molar-refractivity contribution is 0.0696. The molecule has 0 amide bonds. The van der Waals surface area contributed by atoms with Crippen LogP contribution in [0.3, 0.4) is 0 Å². The average molecular weight is 251 g/mol. The molecule has 4 heteroatoms. The third kappa shape index (κ3) is 2.68. The lowest BCUT2D eigenvalue weighted by Crippen LogP contribution is -2.02. The molecule has 0 bridgehead atoms. The van der Waals surface area contributed by atoms with E-state index in [0.29, 0.717) is 17.0 Å². The Morgan fingerprint density at radius 2 is 2.12 bits per heavy atom. The summed E-state index contributed by atoms with van der Waals surface area (Å²) in [6.07, 6.45) is 0.451. The van der Waals surface area contributed by atoms with E-state index in [2.05, 4.69) is 0 Å². The molecule has 3 nitrogen and oxygen atoms in total. The highest BCUT2D eigenvalue weighted by Crippen LogP contribution is 2.20. The summed E-state index contributed by atoms with van der Waals surface area (Å²) < 4.78 is 5.43. The van der Waals surface area contributed by atoms with E-state index in [4.69, 9.17) is 21.1 Å². The van der Waals surface area contributed by atoms with Crippen molar-refractivity contribution in [3.8, 4) is 0 Å². The normalized spacial score (nSPS) is 10.5. The Balaban J connectivity index is 2.35. The van der Waals surface area contributed by atoms with E-state index in [-0.39, 0.29) is 5.56 Å². The molecule has 0 atom stereocenters. The fraction of sp³-hybridized carbons (Fsp3) is 0.154. The fourth-order valence-corrected chi connectivity index (χ4v) is 1.84. The highest BCUT2D eigenvalue weighted by Gasteiger charge is 2.12. The second kappa shape index (κ2) is 4.63. The van der Waals surface area contributed by atoms with E-state index >= 15 is 0 Å². The van der Waals surface area contributed by atoms with Gasteiger partial charge in [0.15, 0.2) is 0 Å². The van der Waals surface area contributed by atoms with Gasteiger partial charge < -0.3 is 9.52 Å². The van der Waals surface area contributed by atoms with Crippen LogP contribution < -0.4 is 0 Å². The number of benzene rings is 1. The van der Waals surface area contributed by atoms with Gasteiger partial charge in [0.2, 0.25) is 0 Å². The lowest BCUT2D eigenvalue weighted by Gasteiger charge is -2.04. The minimum Gasteiger partial charge on any atom is -0.478 e. The van der Waals surface area contributed by atoms with Crippen LogP contribution in [0.4, 0.5) is 0 Å². The van der Waals surface area contributed by atoms with Gasteiger partial charge in [-0.05, 0) is 36.8 Å². The fourth-order valence-electron chi connectivity index (χ4n) is 1.67. The van der Waals surface area contributed by atoms with Crippen LogP contribution in [-0.4, -0.2) is 11.1 Å². The molecule has 1 N–H and O–H groups in total. The van der Waals surface area contributed by atoms with Crippen molar-refractivity contribution in [3.63, 3.8) is 0 Å². The van der Waals surface area contributed by atoms with Crippen LogP contribution in [0.2, 0.25) is 5.02 Å². The predicted octanol–water partition coefficient (Wildman–Crippen LogP) is 3.53. The molecule has 0 aliphatic carbocycles. The third-order valence-electron chi connectivity index (χ3n) is 2.46. The maximum Gasteiger partial charge on any atom is 0.336 e. The number of carbonyl (C=O) groups is 1. The number of hydrogen-bond donors (Lipinski definition) is 1. The Labute approximate surface area is 104 Å². The van der Waals surface area contributed by atoms with Gasteiger partial charge in [-0.3, -0.25) is 0 Å². The molecule has 0 saturated heterocycles. The van der Waals surface area contributed by atoms with Crippen LogP contribution in [-0.2, 0) is 6.42 Å². The lowest BCUT2D eigenvalue weighted by atomic mass is 10.0. The van der Waals surface area contributed by atoms with Crippen LogP contribution in [0.15, 0.2) is 34.7 Å². The van der Waals surface area contributed by atoms with Crippen LogP contribution in [0, 0.1) is 6.92 Å². The molecule has 0 spiro atoms. The second-order valence-electron chi connectivity index (χ2n) is 3.80. The number of rotatable bonds is 3. The zero-order valence-electron chi connectivity index (χ0n) is 9.24. The van der Waals surface area contributed by atoms with E-state index in [1.165, 1.54) is 6.07 Å². The Morgan fingerprint density at radius 1 is 1.35 bits per heavy atom. The minimum atomic E-state index is -0.981. The summed E-state index contributed by atoms with van der Waals surface area (Å²) >= 11 is 5.78. The second-order valence-corrected chi connectivity index (χ2v) is 4.23. The Kier molecular flexibility index (Phi) is 3.20. The van der Waals surface area contributed by atoms with E-state index in [9.17, 15) is 4.79 Å². The first-order valence-electron chi connectivity index (χ1n) is 5.13. The summed E-state index contributed by atoms with van der Waals surface area (Å²) in [7, 11) is 0. The Bertz CT molecular complexity index is 558. The van der Waals surface area contributed by atoms with Crippen molar-refractivity contribution in [2.75, 3.05) is 0 Å². The summed E-state index contributed by atoms with van der Waals surface area (Å²) in [5, 5.41) is 9.50. The topological polar surface area (TPSA) is 50.4 Å². The van der Waals surface area contributed by atoms with Crippen LogP contribution in [0.5, 0.6) is 0 Å². The van der Waals surface area contributed by atoms with Gasteiger partial charge in [-0.1, -0.05) is 17.7 Å². The number of aryl methyl sites for hydroxylation is 1. The summed E-state index contributed by atoms with van der Waals surface area (Å²) in [6, 6.07) is 8.54. The molecule has 0 unspecified atom stereocenters. The highest BCUT2D eigenvalue weighted by molar-refractivity contribution is 6.30. The Morgan fingerprint density at radius 3 is 2.71 bits per heavy atom. The standard InChI is InChI=1S/C13H11ClO3/c1-8-2-5-11(17-8)6-9-3-4-10(14)7-12(9)13(15)16/h2-5,7H,6H2,1H3,(H,15,16). The molecule has 0 aliphatic rings. The SMILES string of the molecule is Cc1ccc(Cc2ccc(Cl)cc2C(=O)O)o1. The zero-order chi connectivity index (χ0) is 12.4. The number of carboxylic acids is 1. The molecular formula is C13H11ClO3. The highest BCUT2D eigenvalue weighted by atomic mass is 35.5. The molecule has 1 aromatic carbocycles. The van der Waals surface area contributed by atoms with Gasteiger partial charge in [-0.15, -0.1) is 0 Å². The molecule has 1 heterocycles. The Hall–Kier alpha value is -1.74. The minimum absolute atomic E-state index is 0.214. The number of hydrogen-bond acceptors (Lipinski definition) is 2. The van der Waals surface area contributed by atoms with Gasteiger partial charge in [0.05, 0.1) is 5.56 Å². The van der Waals surface area contributed by atoms with E-state index < -0.39 is 5.97 Å². The molecule has 88 valence electrons. The van der Waals surface area contributed by atoms with Gasteiger partial charge in [-0.25, -0.2) is 4.79 Å². The average Bonchev–Trinajstić information content (AvgIpc) is 2.66. The third-order valence-corrected chi connectivity index (χ3v) is 2.70. The number of furan rings is 1. The summed E-state index contributed by atoms with van der Waals surface area (Å²) in [4.78, 5) is 11.1. The van der Waals surface area contributed by atoms with Crippen molar-refractivity contribution in [1.29, 1.82) is 0 Å². The zero-order valence-corrected chi connectivity index (χ0v) is 9.99. The van der Waals surface area contributed by atoms with Crippen LogP contribution >= 0.6 is 11.6 Å². The van der Waals surface area contributed by atoms with E-state index in [0.717, 1.165) is 11.5 Å². The molecule has 0 fully saturated rings. The molecular weight excluding hydrogens is 240 g/mol. The van der Waals surface area contributed by atoms with Crippen LogP contribution in [0.1, 0.15) is 27.4 Å². The van der Waals surface area contributed by atoms with Crippen molar-refractivity contribution in [2.24, 2.45) is 0 Å². The van der Waals surface area contributed by atoms with Gasteiger partial charge in [0.1, 0.15) is 11.5 Å². The first kappa shape index (κ1) is 11.7. The first-order chi connectivity index (χ1) is 8.06. The maximum absolute atomic E-state index is 11.1. The number of aromatic carboxylic acids is 1. The molecule has 1 aromatic heterocycles. The van der Waals surface area contributed by atoms with Gasteiger partial charge >= 0.3 is 5.97 Å². The summed E-state index contributed by atoms with van der Waals surface area (Å²) in [5.41, 5.74) is 0.905. The number of halogens is 1. The first-order valence-corrected chi connectivity index (χ1v) is 5.51. The molecule has 0 saturated carbocycles. The van der Waals surface area contributed by atoms with Crippen LogP contribution in [0.25, 0.3) is 0 Å². The van der Waals surface area contributed by atoms with Crippen molar-refractivity contribution in [1.82, 2.24) is 0 Å². The van der Waals surface area contributed by atoms with E-state index in [1.54, 1.807) is 12.1 Å².